The molecule has 0 aromatic carbocycles. The van der Waals surface area contributed by atoms with Gasteiger partial charge >= 0.3 is 12.1 Å². The lowest BCUT2D eigenvalue weighted by atomic mass is 9.98. The van der Waals surface area contributed by atoms with Crippen LogP contribution in [0.5, 0.6) is 0 Å². The van der Waals surface area contributed by atoms with E-state index in [1.807, 2.05) is 0 Å². The summed E-state index contributed by atoms with van der Waals surface area (Å²) in [6.07, 6.45) is 1.55. The van der Waals surface area contributed by atoms with Crippen molar-refractivity contribution >= 4 is 46.9 Å². The van der Waals surface area contributed by atoms with E-state index in [4.69, 9.17) is 44.3 Å². The highest BCUT2D eigenvalue weighted by molar-refractivity contribution is 6.67. The summed E-state index contributed by atoms with van der Waals surface area (Å²) in [7, 11) is 0. The van der Waals surface area contributed by atoms with Gasteiger partial charge < -0.3 is 9.47 Å². The van der Waals surface area contributed by atoms with E-state index in [9.17, 15) is 9.59 Å². The molecule has 5 nitrogen and oxygen atoms in total. The van der Waals surface area contributed by atoms with Crippen molar-refractivity contribution in [3.05, 3.63) is 0 Å². The average Bonchev–Trinajstić information content (AvgIpc) is 2.81. The van der Waals surface area contributed by atoms with E-state index in [2.05, 4.69) is 0 Å². The Labute approximate surface area is 126 Å². The Bertz CT molecular complexity index is 385. The molecule has 2 fully saturated rings. The van der Waals surface area contributed by atoms with Gasteiger partial charge in [0.2, 0.25) is 3.79 Å². The van der Waals surface area contributed by atoms with Gasteiger partial charge in [-0.2, -0.15) is 0 Å². The number of ether oxygens (including phenoxy) is 2. The van der Waals surface area contributed by atoms with Crippen molar-refractivity contribution < 1.29 is 19.1 Å². The van der Waals surface area contributed by atoms with Crippen LogP contribution in [0, 0.1) is 0 Å². The fourth-order valence-corrected chi connectivity index (χ4v) is 2.94. The Balaban J connectivity index is 1.94. The van der Waals surface area contributed by atoms with Crippen molar-refractivity contribution in [3.63, 3.8) is 0 Å². The van der Waals surface area contributed by atoms with Crippen molar-refractivity contribution in [3.8, 4) is 0 Å². The van der Waals surface area contributed by atoms with Crippen LogP contribution in [0.4, 0.5) is 4.79 Å². The minimum absolute atomic E-state index is 0.0391. The van der Waals surface area contributed by atoms with Gasteiger partial charge in [-0.1, -0.05) is 34.8 Å². The number of carbonyl (C=O) groups excluding carboxylic acids is 2. The lowest BCUT2D eigenvalue weighted by Crippen LogP contribution is -2.40. The second kappa shape index (κ2) is 5.54. The lowest BCUT2D eigenvalue weighted by molar-refractivity contribution is -0.147. The Kier molecular flexibility index (Phi) is 4.38. The first-order valence-electron chi connectivity index (χ1n) is 5.97. The normalized spacial score (nSPS) is 29.5. The summed E-state index contributed by atoms with van der Waals surface area (Å²) in [5.41, 5.74) is 0. The number of hydrogen-bond donors (Lipinski definition) is 0. The van der Waals surface area contributed by atoms with Gasteiger partial charge in [-0.05, 0) is 12.8 Å². The highest BCUT2D eigenvalue weighted by atomic mass is 35.6. The number of alkyl halides is 3. The molecule has 0 aromatic rings. The van der Waals surface area contributed by atoms with Gasteiger partial charge in [0.05, 0.1) is 6.04 Å². The summed E-state index contributed by atoms with van der Waals surface area (Å²) in [6.45, 7) is 1.06. The molecule has 2 heterocycles. The summed E-state index contributed by atoms with van der Waals surface area (Å²) in [5, 5.41) is 0. The fraction of sp³-hybridized carbons (Fsp3) is 0.818. The standard InChI is InChI=1S/C11H14Cl3NO4/c1-6(16)19-9-4-7-2-3-8(9)15(7)10(17)18-5-11(12,13)14/h7-9H,2-5H2,1H3/t7-,8+,9+/m1/s1. The molecule has 2 rings (SSSR count). The maximum Gasteiger partial charge on any atom is 0.410 e. The Morgan fingerprint density at radius 2 is 2.00 bits per heavy atom. The van der Waals surface area contributed by atoms with Crippen molar-refractivity contribution in [2.24, 2.45) is 0 Å². The maximum absolute atomic E-state index is 12.0. The van der Waals surface area contributed by atoms with E-state index in [1.54, 1.807) is 4.90 Å². The summed E-state index contributed by atoms with van der Waals surface area (Å²) in [6, 6.07) is -0.0889. The third-order valence-electron chi connectivity index (χ3n) is 3.37. The second-order valence-corrected chi connectivity index (χ2v) is 7.28. The fourth-order valence-electron chi connectivity index (χ4n) is 2.78. The quantitative estimate of drug-likeness (QED) is 0.577. The number of amides is 1. The first kappa shape index (κ1) is 15.0. The van der Waals surface area contributed by atoms with E-state index in [0.717, 1.165) is 12.8 Å². The number of carbonyl (C=O) groups is 2. The molecule has 0 radical (unpaired) electrons. The second-order valence-electron chi connectivity index (χ2n) is 4.76. The molecular weight excluding hydrogens is 316 g/mol. The van der Waals surface area contributed by atoms with Crippen molar-refractivity contribution in [1.82, 2.24) is 4.90 Å². The average molecular weight is 331 g/mol. The molecule has 0 aromatic heterocycles. The Morgan fingerprint density at radius 3 is 2.58 bits per heavy atom. The van der Waals surface area contributed by atoms with Gasteiger partial charge in [0.15, 0.2) is 0 Å². The molecule has 2 saturated heterocycles. The van der Waals surface area contributed by atoms with Gasteiger partial charge in [0.25, 0.3) is 0 Å². The van der Waals surface area contributed by atoms with Crippen LogP contribution in [0.2, 0.25) is 0 Å². The zero-order chi connectivity index (χ0) is 14.2. The summed E-state index contributed by atoms with van der Waals surface area (Å²) in [4.78, 5) is 24.6. The molecule has 0 N–H and O–H groups in total. The first-order valence-corrected chi connectivity index (χ1v) is 7.10. The third-order valence-corrected chi connectivity index (χ3v) is 3.69. The molecule has 0 spiro atoms. The minimum atomic E-state index is -1.62. The molecule has 8 heteroatoms. The molecule has 2 bridgehead atoms. The van der Waals surface area contributed by atoms with Crippen LogP contribution >= 0.6 is 34.8 Å². The van der Waals surface area contributed by atoms with Crippen molar-refractivity contribution in [1.29, 1.82) is 0 Å². The van der Waals surface area contributed by atoms with Gasteiger partial charge in [0, 0.05) is 19.4 Å². The molecule has 1 amide bonds. The predicted octanol–water partition coefficient (Wildman–Crippen LogP) is 2.66. The van der Waals surface area contributed by atoms with Gasteiger partial charge in [0.1, 0.15) is 12.7 Å². The van der Waals surface area contributed by atoms with Crippen molar-refractivity contribution in [2.75, 3.05) is 6.61 Å². The van der Waals surface area contributed by atoms with Gasteiger partial charge in [-0.15, -0.1) is 0 Å². The highest BCUT2D eigenvalue weighted by Gasteiger charge is 2.51. The molecule has 19 heavy (non-hydrogen) atoms. The number of halogens is 3. The molecule has 2 aliphatic heterocycles. The van der Waals surface area contributed by atoms with Crippen LogP contribution in [0.1, 0.15) is 26.2 Å². The molecule has 3 atom stereocenters. The Hall–Kier alpha value is -0.390. The smallest absolute Gasteiger partial charge is 0.410 e. The first-order chi connectivity index (χ1) is 8.78. The number of esters is 1. The highest BCUT2D eigenvalue weighted by Crippen LogP contribution is 2.40. The van der Waals surface area contributed by atoms with E-state index in [-0.39, 0.29) is 30.8 Å². The molecule has 0 unspecified atom stereocenters. The van der Waals surface area contributed by atoms with Crippen LogP contribution in [-0.4, -0.2) is 45.5 Å². The minimum Gasteiger partial charge on any atom is -0.460 e. The number of hydrogen-bond acceptors (Lipinski definition) is 4. The predicted molar refractivity (Wildman–Crippen MR) is 70.5 cm³/mol. The number of nitrogens with zero attached hydrogens (tertiary/aromatic N) is 1. The van der Waals surface area contributed by atoms with E-state index in [1.165, 1.54) is 6.92 Å². The molecule has 0 saturated carbocycles. The summed E-state index contributed by atoms with van der Waals surface area (Å²) < 4.78 is 8.56. The number of rotatable bonds is 2. The van der Waals surface area contributed by atoms with E-state index < -0.39 is 9.89 Å². The van der Waals surface area contributed by atoms with Crippen molar-refractivity contribution in [2.45, 2.75) is 48.2 Å². The van der Waals surface area contributed by atoms with Gasteiger partial charge in [-0.25, -0.2) is 4.79 Å². The topological polar surface area (TPSA) is 55.8 Å². The maximum atomic E-state index is 12.0. The summed E-state index contributed by atoms with van der Waals surface area (Å²) in [5.74, 6) is -0.341. The molecule has 108 valence electrons. The van der Waals surface area contributed by atoms with Crippen LogP contribution in [0.15, 0.2) is 0 Å². The third kappa shape index (κ3) is 3.58. The number of fused-ring (bicyclic) bond motifs is 2. The van der Waals surface area contributed by atoms with Crippen LogP contribution < -0.4 is 0 Å². The lowest BCUT2D eigenvalue weighted by Gasteiger charge is -2.24. The molecular formula is C11H14Cl3NO4. The molecule has 0 aliphatic carbocycles. The van der Waals surface area contributed by atoms with Crippen LogP contribution in [-0.2, 0) is 14.3 Å². The van der Waals surface area contributed by atoms with Gasteiger partial charge in [-0.3, -0.25) is 9.69 Å². The molecule has 2 aliphatic rings. The van der Waals surface area contributed by atoms with Crippen LogP contribution in [0.3, 0.4) is 0 Å². The monoisotopic (exact) mass is 329 g/mol. The SMILES string of the molecule is CC(=O)O[C@H]1C[C@H]2CC[C@@H]1N2C(=O)OCC(Cl)(Cl)Cl. The Morgan fingerprint density at radius 1 is 1.32 bits per heavy atom. The zero-order valence-electron chi connectivity index (χ0n) is 10.3. The largest absolute Gasteiger partial charge is 0.460 e. The van der Waals surface area contributed by atoms with E-state index >= 15 is 0 Å². The van der Waals surface area contributed by atoms with Crippen LogP contribution in [0.25, 0.3) is 0 Å². The zero-order valence-corrected chi connectivity index (χ0v) is 12.5. The summed E-state index contributed by atoms with van der Waals surface area (Å²) >= 11 is 16.6. The van der Waals surface area contributed by atoms with E-state index in [0.29, 0.717) is 6.42 Å².